The Hall–Kier alpha value is -1.69. The molecular formula is C10H13N3O3. The lowest BCUT2D eigenvalue weighted by Crippen LogP contribution is -2.37. The van der Waals surface area contributed by atoms with Gasteiger partial charge in [-0.1, -0.05) is 0 Å². The zero-order chi connectivity index (χ0) is 11.5. The van der Waals surface area contributed by atoms with Gasteiger partial charge in [-0.25, -0.2) is 9.75 Å². The second-order valence-corrected chi connectivity index (χ2v) is 3.63. The van der Waals surface area contributed by atoms with Gasteiger partial charge in [0.15, 0.2) is 5.69 Å². The fourth-order valence-corrected chi connectivity index (χ4v) is 1.50. The van der Waals surface area contributed by atoms with Gasteiger partial charge in [0.05, 0.1) is 6.61 Å². The van der Waals surface area contributed by atoms with Crippen LogP contribution in [0.3, 0.4) is 0 Å². The molecule has 1 aromatic rings. The van der Waals surface area contributed by atoms with Crippen LogP contribution in [0.2, 0.25) is 0 Å². The number of hydrogen-bond acceptors (Lipinski definition) is 4. The molecule has 1 amide bonds. The molecule has 0 aliphatic carbocycles. The van der Waals surface area contributed by atoms with Gasteiger partial charge in [-0.05, 0) is 18.9 Å². The molecule has 1 aromatic heterocycles. The van der Waals surface area contributed by atoms with Crippen molar-refractivity contribution in [3.05, 3.63) is 28.2 Å². The fourth-order valence-electron chi connectivity index (χ4n) is 1.50. The van der Waals surface area contributed by atoms with Gasteiger partial charge in [-0.15, -0.1) is 0 Å². The minimum Gasteiger partial charge on any atom is -0.271 e. The molecule has 0 unspecified atom stereocenters. The zero-order valence-electron chi connectivity index (χ0n) is 9.05. The van der Waals surface area contributed by atoms with Crippen molar-refractivity contribution in [1.29, 1.82) is 0 Å². The van der Waals surface area contributed by atoms with Gasteiger partial charge in [-0.3, -0.25) is 14.4 Å². The Bertz CT molecular complexity index is 449. The molecule has 0 saturated carbocycles. The standard InChI is InChI=1S/C10H13N3O3/c1-12-9(14)5-4-8(11-12)10(15)13-6-2-3-7-16-13/h4-5H,2-3,6-7H2,1H3. The summed E-state index contributed by atoms with van der Waals surface area (Å²) < 4.78 is 1.14. The quantitative estimate of drug-likeness (QED) is 0.669. The number of aromatic nitrogens is 2. The highest BCUT2D eigenvalue weighted by molar-refractivity contribution is 5.91. The maximum Gasteiger partial charge on any atom is 0.297 e. The number of amides is 1. The van der Waals surface area contributed by atoms with Gasteiger partial charge in [0.25, 0.3) is 11.5 Å². The minimum absolute atomic E-state index is 0.226. The van der Waals surface area contributed by atoms with E-state index in [0.29, 0.717) is 13.2 Å². The van der Waals surface area contributed by atoms with Crippen molar-refractivity contribution < 1.29 is 9.63 Å². The average molecular weight is 223 g/mol. The molecule has 16 heavy (non-hydrogen) atoms. The van der Waals surface area contributed by atoms with Gasteiger partial charge in [-0.2, -0.15) is 5.10 Å². The number of hydrogen-bond donors (Lipinski definition) is 0. The Kier molecular flexibility index (Phi) is 3.00. The smallest absolute Gasteiger partial charge is 0.271 e. The Morgan fingerprint density at radius 1 is 1.44 bits per heavy atom. The maximum atomic E-state index is 11.9. The van der Waals surface area contributed by atoms with Gasteiger partial charge < -0.3 is 0 Å². The van der Waals surface area contributed by atoms with Crippen LogP contribution in [-0.2, 0) is 11.9 Å². The molecule has 1 saturated heterocycles. The largest absolute Gasteiger partial charge is 0.297 e. The van der Waals surface area contributed by atoms with E-state index in [1.165, 1.54) is 24.2 Å². The Balaban J connectivity index is 2.19. The average Bonchev–Trinajstić information content (AvgIpc) is 2.33. The maximum absolute atomic E-state index is 11.9. The summed E-state index contributed by atoms with van der Waals surface area (Å²) in [5.41, 5.74) is -0.0138. The Morgan fingerprint density at radius 2 is 2.25 bits per heavy atom. The van der Waals surface area contributed by atoms with Crippen LogP contribution >= 0.6 is 0 Å². The zero-order valence-corrected chi connectivity index (χ0v) is 9.05. The van der Waals surface area contributed by atoms with Crippen LogP contribution in [0.1, 0.15) is 23.3 Å². The van der Waals surface area contributed by atoms with E-state index in [2.05, 4.69) is 5.10 Å². The molecule has 0 spiro atoms. The molecule has 86 valence electrons. The van der Waals surface area contributed by atoms with E-state index in [-0.39, 0.29) is 17.2 Å². The lowest BCUT2D eigenvalue weighted by Gasteiger charge is -2.25. The summed E-state index contributed by atoms with van der Waals surface area (Å²) in [6.45, 7) is 1.13. The van der Waals surface area contributed by atoms with E-state index in [1.807, 2.05) is 0 Å². The van der Waals surface area contributed by atoms with Crippen LogP contribution in [-0.4, -0.2) is 33.9 Å². The van der Waals surface area contributed by atoms with Crippen molar-refractivity contribution in [2.75, 3.05) is 13.2 Å². The first kappa shape index (κ1) is 10.8. The number of carbonyl (C=O) groups excluding carboxylic acids is 1. The second kappa shape index (κ2) is 4.44. The van der Waals surface area contributed by atoms with E-state index in [0.717, 1.165) is 17.5 Å². The summed E-state index contributed by atoms with van der Waals surface area (Å²) >= 11 is 0. The summed E-state index contributed by atoms with van der Waals surface area (Å²) in [5, 5.41) is 5.18. The topological polar surface area (TPSA) is 64.4 Å². The number of carbonyl (C=O) groups is 1. The monoisotopic (exact) mass is 223 g/mol. The molecule has 6 heteroatoms. The van der Waals surface area contributed by atoms with Crippen molar-refractivity contribution in [2.45, 2.75) is 12.8 Å². The third-order valence-electron chi connectivity index (χ3n) is 2.41. The van der Waals surface area contributed by atoms with Crippen LogP contribution in [0.4, 0.5) is 0 Å². The van der Waals surface area contributed by atoms with Crippen LogP contribution in [0.5, 0.6) is 0 Å². The minimum atomic E-state index is -0.296. The van der Waals surface area contributed by atoms with Crippen LogP contribution in [0, 0.1) is 0 Å². The third-order valence-corrected chi connectivity index (χ3v) is 2.41. The summed E-state index contributed by atoms with van der Waals surface area (Å²) in [6.07, 6.45) is 1.89. The van der Waals surface area contributed by atoms with Gasteiger partial charge in [0.1, 0.15) is 0 Å². The molecule has 0 bridgehead atoms. The molecule has 6 nitrogen and oxygen atoms in total. The first-order chi connectivity index (χ1) is 7.68. The molecule has 1 fully saturated rings. The second-order valence-electron chi connectivity index (χ2n) is 3.63. The number of nitrogens with zero attached hydrogens (tertiary/aromatic N) is 3. The normalized spacial score (nSPS) is 16.2. The molecule has 1 aliphatic rings. The summed E-state index contributed by atoms with van der Waals surface area (Å²) in [7, 11) is 1.51. The van der Waals surface area contributed by atoms with Crippen molar-refractivity contribution in [3.8, 4) is 0 Å². The predicted molar refractivity (Wildman–Crippen MR) is 55.7 cm³/mol. The molecule has 0 radical (unpaired) electrons. The molecule has 0 atom stereocenters. The van der Waals surface area contributed by atoms with E-state index < -0.39 is 0 Å². The molecule has 0 aromatic carbocycles. The van der Waals surface area contributed by atoms with E-state index in [1.54, 1.807) is 0 Å². The lowest BCUT2D eigenvalue weighted by molar-refractivity contribution is -0.144. The summed E-state index contributed by atoms with van der Waals surface area (Å²) in [5.74, 6) is -0.296. The molecule has 0 N–H and O–H groups in total. The Labute approximate surface area is 92.4 Å². The SMILES string of the molecule is Cn1nc(C(=O)N2CCCCO2)ccc1=O. The number of aryl methyl sites for hydroxylation is 1. The van der Waals surface area contributed by atoms with Gasteiger partial charge >= 0.3 is 0 Å². The first-order valence-corrected chi connectivity index (χ1v) is 5.17. The number of hydroxylamine groups is 2. The third kappa shape index (κ3) is 2.11. The highest BCUT2D eigenvalue weighted by atomic mass is 16.7. The fraction of sp³-hybridized carbons (Fsp3) is 0.500. The molecule has 1 aliphatic heterocycles. The van der Waals surface area contributed by atoms with Crippen LogP contribution < -0.4 is 5.56 Å². The Morgan fingerprint density at radius 3 is 2.88 bits per heavy atom. The predicted octanol–water partition coefficient (Wildman–Crippen LogP) is -0.0521. The van der Waals surface area contributed by atoms with Crippen molar-refractivity contribution in [2.24, 2.45) is 7.05 Å². The highest BCUT2D eigenvalue weighted by Gasteiger charge is 2.20. The van der Waals surface area contributed by atoms with Gasteiger partial charge in [0.2, 0.25) is 0 Å². The van der Waals surface area contributed by atoms with Gasteiger partial charge in [0, 0.05) is 19.7 Å². The summed E-state index contributed by atoms with van der Waals surface area (Å²) in [6, 6.07) is 2.74. The van der Waals surface area contributed by atoms with Crippen molar-refractivity contribution in [3.63, 3.8) is 0 Å². The van der Waals surface area contributed by atoms with E-state index in [9.17, 15) is 9.59 Å². The molecule has 2 rings (SSSR count). The van der Waals surface area contributed by atoms with E-state index >= 15 is 0 Å². The lowest BCUT2D eigenvalue weighted by atomic mass is 10.3. The van der Waals surface area contributed by atoms with Crippen LogP contribution in [0.15, 0.2) is 16.9 Å². The molecule has 2 heterocycles. The van der Waals surface area contributed by atoms with Crippen molar-refractivity contribution >= 4 is 5.91 Å². The van der Waals surface area contributed by atoms with Crippen molar-refractivity contribution in [1.82, 2.24) is 14.8 Å². The van der Waals surface area contributed by atoms with Crippen LogP contribution in [0.25, 0.3) is 0 Å². The first-order valence-electron chi connectivity index (χ1n) is 5.17. The molecular weight excluding hydrogens is 210 g/mol. The van der Waals surface area contributed by atoms with E-state index in [4.69, 9.17) is 4.84 Å². The highest BCUT2D eigenvalue weighted by Crippen LogP contribution is 2.09. The number of rotatable bonds is 1. The summed E-state index contributed by atoms with van der Waals surface area (Å²) in [4.78, 5) is 28.2.